The second kappa shape index (κ2) is 7.99. The minimum Gasteiger partial charge on any atom is -0.497 e. The van der Waals surface area contributed by atoms with Crippen molar-refractivity contribution < 1.29 is 18.3 Å². The summed E-state index contributed by atoms with van der Waals surface area (Å²) in [7, 11) is 1.62. The Kier molecular flexibility index (Phi) is 5.41. The standard InChI is InChI=1S/C22H25F2N3O2/c1-29-15-4-2-14-12-27(7-6-26-21(14)9-15)22(28)11-20(25)16-5-3-13-8-18(23)19(24)10-17(13)16/h2,4,8-10,16,20,26H,3,5-7,11-12,25H2,1H3. The maximum absolute atomic E-state index is 13.7. The number of hydrogen-bond donors (Lipinski definition) is 2. The fraction of sp³-hybridized carbons (Fsp3) is 0.409. The largest absolute Gasteiger partial charge is 0.497 e. The van der Waals surface area contributed by atoms with Gasteiger partial charge in [-0.1, -0.05) is 6.07 Å². The van der Waals surface area contributed by atoms with Crippen LogP contribution in [0, 0.1) is 11.6 Å². The van der Waals surface area contributed by atoms with Gasteiger partial charge in [0.25, 0.3) is 0 Å². The number of amides is 1. The number of methoxy groups -OCH3 is 1. The van der Waals surface area contributed by atoms with Crippen LogP contribution < -0.4 is 15.8 Å². The topological polar surface area (TPSA) is 67.6 Å². The SMILES string of the molecule is COc1ccc2c(c1)NCCN(C(=O)CC(N)C1CCc3cc(F)c(F)cc31)C2. The number of rotatable bonds is 4. The zero-order valence-corrected chi connectivity index (χ0v) is 16.4. The predicted molar refractivity (Wildman–Crippen MR) is 107 cm³/mol. The number of carbonyl (C=O) groups is 1. The summed E-state index contributed by atoms with van der Waals surface area (Å²) in [6, 6.07) is 7.83. The molecule has 4 rings (SSSR count). The van der Waals surface area contributed by atoms with Gasteiger partial charge in [-0.25, -0.2) is 8.78 Å². The van der Waals surface area contributed by atoms with E-state index in [9.17, 15) is 13.6 Å². The second-order valence-corrected chi connectivity index (χ2v) is 7.74. The lowest BCUT2D eigenvalue weighted by Gasteiger charge is -2.25. The molecule has 0 spiro atoms. The Balaban J connectivity index is 1.45. The number of ether oxygens (including phenoxy) is 1. The van der Waals surface area contributed by atoms with Gasteiger partial charge in [-0.05, 0) is 47.7 Å². The van der Waals surface area contributed by atoms with Crippen LogP contribution in [-0.4, -0.2) is 37.0 Å². The second-order valence-electron chi connectivity index (χ2n) is 7.74. The highest BCUT2D eigenvalue weighted by molar-refractivity contribution is 5.77. The maximum Gasteiger partial charge on any atom is 0.224 e. The number of carbonyl (C=O) groups excluding carboxylic acids is 1. The highest BCUT2D eigenvalue weighted by Crippen LogP contribution is 2.37. The number of anilines is 1. The summed E-state index contributed by atoms with van der Waals surface area (Å²) in [6.45, 7) is 1.71. The minimum atomic E-state index is -0.861. The van der Waals surface area contributed by atoms with Crippen molar-refractivity contribution in [1.29, 1.82) is 0 Å². The summed E-state index contributed by atoms with van der Waals surface area (Å²) < 4.78 is 32.4. The fourth-order valence-electron chi connectivity index (χ4n) is 4.36. The molecule has 0 aromatic heterocycles. The summed E-state index contributed by atoms with van der Waals surface area (Å²) in [5, 5.41) is 3.34. The molecule has 0 radical (unpaired) electrons. The minimum absolute atomic E-state index is 0.0287. The van der Waals surface area contributed by atoms with E-state index in [1.807, 2.05) is 18.2 Å². The molecule has 0 bridgehead atoms. The lowest BCUT2D eigenvalue weighted by molar-refractivity contribution is -0.132. The molecule has 2 unspecified atom stereocenters. The van der Waals surface area contributed by atoms with Gasteiger partial charge in [0.05, 0.1) is 7.11 Å². The molecule has 1 amide bonds. The smallest absolute Gasteiger partial charge is 0.224 e. The van der Waals surface area contributed by atoms with E-state index in [2.05, 4.69) is 5.32 Å². The molecule has 7 heteroatoms. The molecule has 1 aliphatic heterocycles. The summed E-state index contributed by atoms with van der Waals surface area (Å²) in [5.41, 5.74) is 9.88. The van der Waals surface area contributed by atoms with E-state index in [0.29, 0.717) is 32.5 Å². The van der Waals surface area contributed by atoms with Crippen LogP contribution in [0.15, 0.2) is 30.3 Å². The van der Waals surface area contributed by atoms with E-state index in [4.69, 9.17) is 10.5 Å². The molecule has 2 aromatic carbocycles. The maximum atomic E-state index is 13.7. The number of hydrogen-bond acceptors (Lipinski definition) is 4. The average Bonchev–Trinajstić information content (AvgIpc) is 2.98. The molecule has 2 aliphatic rings. The third kappa shape index (κ3) is 3.92. The molecule has 2 atom stereocenters. The fourth-order valence-corrected chi connectivity index (χ4v) is 4.36. The van der Waals surface area contributed by atoms with Crippen molar-refractivity contribution in [1.82, 2.24) is 4.90 Å². The molecule has 1 aliphatic carbocycles. The van der Waals surface area contributed by atoms with Crippen LogP contribution >= 0.6 is 0 Å². The van der Waals surface area contributed by atoms with Crippen molar-refractivity contribution in [3.63, 3.8) is 0 Å². The van der Waals surface area contributed by atoms with E-state index in [1.165, 1.54) is 12.1 Å². The number of nitrogens with one attached hydrogen (secondary N) is 1. The molecule has 0 saturated heterocycles. The van der Waals surface area contributed by atoms with E-state index in [0.717, 1.165) is 28.1 Å². The van der Waals surface area contributed by atoms with Gasteiger partial charge in [0.15, 0.2) is 11.6 Å². The quantitative estimate of drug-likeness (QED) is 0.826. The van der Waals surface area contributed by atoms with Crippen molar-refractivity contribution in [2.75, 3.05) is 25.5 Å². The number of halogens is 2. The number of nitrogens with two attached hydrogens (primary N) is 1. The Bertz CT molecular complexity index is 935. The predicted octanol–water partition coefficient (Wildman–Crippen LogP) is 3.17. The van der Waals surface area contributed by atoms with Gasteiger partial charge in [0, 0.05) is 49.8 Å². The first kappa shape index (κ1) is 19.6. The lowest BCUT2D eigenvalue weighted by Crippen LogP contribution is -2.38. The highest BCUT2D eigenvalue weighted by Gasteiger charge is 2.31. The normalized spacial score (nSPS) is 19.0. The zero-order valence-electron chi connectivity index (χ0n) is 16.4. The molecule has 5 nitrogen and oxygen atoms in total. The van der Waals surface area contributed by atoms with Crippen molar-refractivity contribution >= 4 is 11.6 Å². The van der Waals surface area contributed by atoms with Crippen molar-refractivity contribution in [3.8, 4) is 5.75 Å². The number of fused-ring (bicyclic) bond motifs is 2. The molecular weight excluding hydrogens is 376 g/mol. The first-order chi connectivity index (χ1) is 14.0. The van der Waals surface area contributed by atoms with Crippen molar-refractivity contribution in [2.24, 2.45) is 5.73 Å². The number of nitrogens with zero attached hydrogens (tertiary/aromatic N) is 1. The van der Waals surface area contributed by atoms with Gasteiger partial charge < -0.3 is 20.7 Å². The first-order valence-corrected chi connectivity index (χ1v) is 9.88. The molecule has 154 valence electrons. The van der Waals surface area contributed by atoms with Crippen LogP contribution in [0.5, 0.6) is 5.75 Å². The van der Waals surface area contributed by atoms with E-state index in [-0.39, 0.29) is 18.2 Å². The Morgan fingerprint density at radius 3 is 2.86 bits per heavy atom. The van der Waals surface area contributed by atoms with Crippen LogP contribution in [0.2, 0.25) is 0 Å². The Morgan fingerprint density at radius 2 is 2.07 bits per heavy atom. The van der Waals surface area contributed by atoms with Gasteiger partial charge in [0.2, 0.25) is 5.91 Å². The number of benzene rings is 2. The molecule has 3 N–H and O–H groups in total. The van der Waals surface area contributed by atoms with Gasteiger partial charge in [-0.3, -0.25) is 4.79 Å². The molecule has 1 heterocycles. The monoisotopic (exact) mass is 401 g/mol. The van der Waals surface area contributed by atoms with E-state index in [1.54, 1.807) is 12.0 Å². The van der Waals surface area contributed by atoms with Gasteiger partial charge in [-0.15, -0.1) is 0 Å². The third-order valence-electron chi connectivity index (χ3n) is 5.96. The highest BCUT2D eigenvalue weighted by atomic mass is 19.2. The van der Waals surface area contributed by atoms with Crippen LogP contribution in [-0.2, 0) is 17.8 Å². The molecule has 2 aromatic rings. The van der Waals surface area contributed by atoms with Crippen LogP contribution in [0.1, 0.15) is 35.4 Å². The van der Waals surface area contributed by atoms with E-state index >= 15 is 0 Å². The Hall–Kier alpha value is -2.67. The van der Waals surface area contributed by atoms with Gasteiger partial charge in [-0.2, -0.15) is 0 Å². The first-order valence-electron chi connectivity index (χ1n) is 9.88. The summed E-state index contributed by atoms with van der Waals surface area (Å²) in [6.07, 6.45) is 1.54. The molecule has 29 heavy (non-hydrogen) atoms. The Labute approximate surface area is 168 Å². The van der Waals surface area contributed by atoms with Crippen LogP contribution in [0.25, 0.3) is 0 Å². The van der Waals surface area contributed by atoms with Crippen LogP contribution in [0.4, 0.5) is 14.5 Å². The van der Waals surface area contributed by atoms with Crippen molar-refractivity contribution in [3.05, 3.63) is 58.7 Å². The molecule has 0 saturated carbocycles. The molecular formula is C22H25F2N3O2. The lowest BCUT2D eigenvalue weighted by atomic mass is 9.91. The average molecular weight is 401 g/mol. The van der Waals surface area contributed by atoms with Gasteiger partial charge in [0.1, 0.15) is 5.75 Å². The summed E-state index contributed by atoms with van der Waals surface area (Å²) in [5.74, 6) is -1.09. The van der Waals surface area contributed by atoms with Crippen molar-refractivity contribution in [2.45, 2.75) is 37.8 Å². The van der Waals surface area contributed by atoms with Crippen LogP contribution in [0.3, 0.4) is 0 Å². The zero-order chi connectivity index (χ0) is 20.5. The van der Waals surface area contributed by atoms with E-state index < -0.39 is 17.7 Å². The Morgan fingerprint density at radius 1 is 1.28 bits per heavy atom. The third-order valence-corrected chi connectivity index (χ3v) is 5.96. The van der Waals surface area contributed by atoms with Gasteiger partial charge >= 0.3 is 0 Å². The summed E-state index contributed by atoms with van der Waals surface area (Å²) in [4.78, 5) is 14.7. The number of aryl methyl sites for hydroxylation is 1. The summed E-state index contributed by atoms with van der Waals surface area (Å²) >= 11 is 0. The molecule has 0 fully saturated rings.